The van der Waals surface area contributed by atoms with E-state index in [2.05, 4.69) is 10.1 Å². The zero-order chi connectivity index (χ0) is 20.9. The van der Waals surface area contributed by atoms with Crippen LogP contribution in [0.25, 0.3) is 28.0 Å². The molecule has 0 aliphatic rings. The van der Waals surface area contributed by atoms with Gasteiger partial charge in [-0.25, -0.2) is 31.8 Å². The minimum Gasteiger partial charge on any atom is -0.293 e. The number of nitrogens with zero attached hydrogens (tertiary/aromatic N) is 2. The number of aryl methyl sites for hydroxylation is 1. The Morgan fingerprint density at radius 3 is 2.33 bits per heavy atom. The van der Waals surface area contributed by atoms with E-state index in [4.69, 9.17) is 5.14 Å². The van der Waals surface area contributed by atoms with Crippen molar-refractivity contribution in [3.63, 3.8) is 0 Å². The van der Waals surface area contributed by atoms with Gasteiger partial charge in [0.15, 0.2) is 5.65 Å². The molecule has 0 bridgehead atoms. The molecule has 7 nitrogen and oxygen atoms in total. The molecule has 0 aliphatic heterocycles. The molecular weight excluding hydrogens is 425 g/mol. The molecule has 149 valence electrons. The smallest absolute Gasteiger partial charge is 0.273 e. The van der Waals surface area contributed by atoms with Gasteiger partial charge in [-0.1, -0.05) is 12.1 Å². The predicted octanol–water partition coefficient (Wildman–Crippen LogP) is 2.21. The summed E-state index contributed by atoms with van der Waals surface area (Å²) in [5.74, 6) is -1.50. The van der Waals surface area contributed by atoms with Gasteiger partial charge in [0.05, 0.1) is 10.6 Å². The minimum absolute atomic E-state index is 0. The summed E-state index contributed by atoms with van der Waals surface area (Å²) in [6.07, 6.45) is 0. The van der Waals surface area contributed by atoms with Crippen molar-refractivity contribution < 1.29 is 17.2 Å². The van der Waals surface area contributed by atoms with E-state index in [9.17, 15) is 22.0 Å². The van der Waals surface area contributed by atoms with Gasteiger partial charge in [0.2, 0.25) is 10.0 Å². The van der Waals surface area contributed by atoms with Gasteiger partial charge in [-0.3, -0.25) is 9.89 Å². The van der Waals surface area contributed by atoms with Gasteiger partial charge in [-0.2, -0.15) is 0 Å². The third kappa shape index (κ3) is 3.96. The molecule has 0 unspecified atom stereocenters. The van der Waals surface area contributed by atoms with Crippen LogP contribution < -0.4 is 10.7 Å². The second-order valence-corrected chi connectivity index (χ2v) is 8.01. The molecule has 0 spiro atoms. The Labute approximate surface area is 191 Å². The minimum atomic E-state index is -3.86. The number of fused-ring (bicyclic) bond motifs is 1. The fraction of sp³-hybridized carbons (Fsp3) is 0.0526. The Morgan fingerprint density at radius 1 is 1.07 bits per heavy atom. The summed E-state index contributed by atoms with van der Waals surface area (Å²) < 4.78 is 51.7. The molecule has 30 heavy (non-hydrogen) atoms. The molecule has 2 aromatic carbocycles. The average molecular weight is 439 g/mol. The molecule has 1 radical (unpaired) electrons. The molecule has 0 amide bonds. The van der Waals surface area contributed by atoms with E-state index in [-0.39, 0.29) is 51.4 Å². The van der Waals surface area contributed by atoms with Crippen molar-refractivity contribution in [2.45, 2.75) is 11.8 Å². The molecule has 4 aromatic rings. The number of aromatic nitrogens is 3. The molecule has 0 saturated heterocycles. The fourth-order valence-corrected chi connectivity index (χ4v) is 3.64. The first-order chi connectivity index (χ1) is 13.6. The summed E-state index contributed by atoms with van der Waals surface area (Å²) in [7, 11) is -3.86. The molecule has 11 heteroatoms. The Kier molecular flexibility index (Phi) is 5.99. The summed E-state index contributed by atoms with van der Waals surface area (Å²) >= 11 is 0. The number of nitrogens with two attached hydrogens (primary N) is 1. The predicted molar refractivity (Wildman–Crippen MR) is 108 cm³/mol. The van der Waals surface area contributed by atoms with E-state index in [1.54, 1.807) is 6.92 Å². The van der Waals surface area contributed by atoms with Crippen molar-refractivity contribution in [2.75, 3.05) is 0 Å². The molecule has 3 N–H and O–H groups in total. The van der Waals surface area contributed by atoms with E-state index < -0.39 is 27.2 Å². The summed E-state index contributed by atoms with van der Waals surface area (Å²) in [6, 6.07) is 9.96. The van der Waals surface area contributed by atoms with Crippen LogP contribution in [-0.4, -0.2) is 52.6 Å². The van der Waals surface area contributed by atoms with Crippen molar-refractivity contribution in [1.82, 2.24) is 14.6 Å². The summed E-state index contributed by atoms with van der Waals surface area (Å²) in [5, 5.41) is 7.92. The monoisotopic (exact) mass is 439 g/mol. The maximum atomic E-state index is 14.4. The van der Waals surface area contributed by atoms with E-state index in [0.29, 0.717) is 16.8 Å². The maximum Gasteiger partial charge on any atom is 0.273 e. The zero-order valence-electron chi connectivity index (χ0n) is 16.0. The first-order valence-electron chi connectivity index (χ1n) is 8.36. The number of aromatic amines is 1. The van der Waals surface area contributed by atoms with E-state index in [0.717, 1.165) is 16.6 Å². The molecule has 0 saturated carbocycles. The molecule has 4 rings (SSSR count). The average Bonchev–Trinajstić information content (AvgIpc) is 2.98. The van der Waals surface area contributed by atoms with Crippen LogP contribution in [0.3, 0.4) is 0 Å². The number of primary sulfonamides is 1. The van der Waals surface area contributed by atoms with E-state index in [1.165, 1.54) is 36.4 Å². The summed E-state index contributed by atoms with van der Waals surface area (Å²) in [5.41, 5.74) is 1.34. The fourth-order valence-electron chi connectivity index (χ4n) is 3.13. The number of benzene rings is 2. The van der Waals surface area contributed by atoms with E-state index >= 15 is 0 Å². The van der Waals surface area contributed by atoms with Crippen molar-refractivity contribution in [1.29, 1.82) is 0 Å². The Balaban J connectivity index is 0.00000256. The van der Waals surface area contributed by atoms with Crippen LogP contribution in [0.1, 0.15) is 5.69 Å². The Morgan fingerprint density at radius 2 is 1.73 bits per heavy atom. The van der Waals surface area contributed by atoms with Gasteiger partial charge in [0, 0.05) is 64.1 Å². The molecule has 0 atom stereocenters. The van der Waals surface area contributed by atoms with Crippen LogP contribution >= 0.6 is 0 Å². The summed E-state index contributed by atoms with van der Waals surface area (Å²) in [6.45, 7) is 1.65. The SMILES string of the molecule is Cc1[nH]n2c(=O)cc(-c3ccc(S(N)(=O)=O)cc3)nc2c1-c1ccc(F)cc1F.[Na]. The second kappa shape index (κ2) is 8.05. The molecule has 2 aromatic heterocycles. The van der Waals surface area contributed by atoms with Crippen molar-refractivity contribution >= 4 is 45.2 Å². The molecule has 0 aliphatic carbocycles. The van der Waals surface area contributed by atoms with Gasteiger partial charge >= 0.3 is 0 Å². The number of rotatable bonds is 3. The van der Waals surface area contributed by atoms with Crippen LogP contribution in [0, 0.1) is 18.6 Å². The number of hydrogen-bond donors (Lipinski definition) is 2. The molecular formula is C19H14F2N4NaO3S. The second-order valence-electron chi connectivity index (χ2n) is 6.44. The van der Waals surface area contributed by atoms with Gasteiger partial charge in [0.1, 0.15) is 11.6 Å². The third-order valence-electron chi connectivity index (χ3n) is 4.48. The van der Waals surface area contributed by atoms with Crippen LogP contribution in [0.4, 0.5) is 8.78 Å². The van der Waals surface area contributed by atoms with Crippen LogP contribution in [0.5, 0.6) is 0 Å². The number of hydrogen-bond acceptors (Lipinski definition) is 4. The third-order valence-corrected chi connectivity index (χ3v) is 5.41. The van der Waals surface area contributed by atoms with Gasteiger partial charge in [-0.05, 0) is 31.2 Å². The summed E-state index contributed by atoms with van der Waals surface area (Å²) in [4.78, 5) is 16.9. The van der Waals surface area contributed by atoms with Gasteiger partial charge in [0.25, 0.3) is 5.56 Å². The Hall–Kier alpha value is -2.37. The van der Waals surface area contributed by atoms with Crippen molar-refractivity contribution in [2.24, 2.45) is 5.14 Å². The van der Waals surface area contributed by atoms with Crippen LogP contribution in [0.2, 0.25) is 0 Å². The maximum absolute atomic E-state index is 14.4. The van der Waals surface area contributed by atoms with Gasteiger partial charge in [-0.15, -0.1) is 0 Å². The first kappa shape index (κ1) is 22.3. The number of sulfonamides is 1. The van der Waals surface area contributed by atoms with Crippen LogP contribution in [-0.2, 0) is 10.0 Å². The number of H-pyrrole nitrogens is 1. The van der Waals surface area contributed by atoms with E-state index in [1.807, 2.05) is 0 Å². The van der Waals surface area contributed by atoms with Gasteiger partial charge < -0.3 is 0 Å². The van der Waals surface area contributed by atoms with Crippen molar-refractivity contribution in [3.05, 3.63) is 76.2 Å². The van der Waals surface area contributed by atoms with Crippen LogP contribution in [0.15, 0.2) is 58.2 Å². The standard InChI is InChI=1S/C19H14F2N4O3S.Na/c1-10-18(14-7-4-12(20)8-15(14)21)19-23-16(9-17(26)25(19)24-10)11-2-5-13(6-3-11)29(22,27)28;/h2-9,24H,1H3,(H2,22,27,28);. The number of nitrogens with one attached hydrogen (secondary N) is 1. The topological polar surface area (TPSA) is 110 Å². The molecule has 0 fully saturated rings. The number of halogens is 2. The first-order valence-corrected chi connectivity index (χ1v) is 9.91. The molecule has 2 heterocycles. The largest absolute Gasteiger partial charge is 0.293 e. The Bertz CT molecular complexity index is 1430. The zero-order valence-corrected chi connectivity index (χ0v) is 18.8. The quantitative estimate of drug-likeness (QED) is 0.477. The van der Waals surface area contributed by atoms with Crippen molar-refractivity contribution in [3.8, 4) is 22.4 Å². The normalized spacial score (nSPS) is 11.5.